The molecule has 0 bridgehead atoms. The van der Waals surface area contributed by atoms with E-state index in [1.807, 2.05) is 0 Å². The lowest BCUT2D eigenvalue weighted by atomic mass is 10.0. The molecule has 0 fully saturated rings. The highest BCUT2D eigenvalue weighted by Crippen LogP contribution is 2.12. The molecule has 0 radical (unpaired) electrons. The number of carboxylic acids is 1. The summed E-state index contributed by atoms with van der Waals surface area (Å²) >= 11 is 0. The molecule has 1 aromatic carbocycles. The third-order valence-electron chi connectivity index (χ3n) is 5.11. The zero-order valence-corrected chi connectivity index (χ0v) is 19.4. The number of aromatic amines is 1. The number of aromatic nitrogens is 2. The molecule has 1 heterocycles. The number of aromatic hydroxyl groups is 1. The lowest BCUT2D eigenvalue weighted by Gasteiger charge is -2.24. The van der Waals surface area contributed by atoms with Crippen LogP contribution in [0.4, 0.5) is 0 Å². The first-order chi connectivity index (χ1) is 17.0. The molecule has 2 aromatic rings. The monoisotopic (exact) mass is 503 g/mol. The minimum atomic E-state index is -1.30. The van der Waals surface area contributed by atoms with Gasteiger partial charge in [0.1, 0.15) is 23.9 Å². The predicted octanol–water partition coefficient (Wildman–Crippen LogP) is -2.34. The summed E-state index contributed by atoms with van der Waals surface area (Å²) in [5, 5.41) is 25.9. The summed E-state index contributed by atoms with van der Waals surface area (Å²) in [6, 6.07) is 0.870. The summed E-state index contributed by atoms with van der Waals surface area (Å²) in [6.45, 7) is 1.26. The second-order valence-electron chi connectivity index (χ2n) is 8.12. The number of hydrogen-bond acceptors (Lipinski definition) is 8. The van der Waals surface area contributed by atoms with Gasteiger partial charge in [0.2, 0.25) is 23.6 Å². The number of nitrogens with one attached hydrogen (secondary N) is 4. The lowest BCUT2D eigenvalue weighted by Crippen LogP contribution is -2.58. The van der Waals surface area contributed by atoms with E-state index in [9.17, 15) is 29.1 Å². The molecule has 2 rings (SSSR count). The standard InChI is InChI=1S/C22H29N7O7/c1-11(22(35)36)27-20(33)16(6-12-2-4-14(30)5-3-12)29-21(34)17(7-13-9-25-10-26-13)28-19(32)15(23)8-18(24)31/h2-5,9-11,15-17,30H,6-8,23H2,1H3,(H2,24,31)(H,25,26)(H,27,33)(H,28,32)(H,29,34)(H,35,36). The number of nitrogens with zero attached hydrogens (tertiary/aromatic N) is 1. The van der Waals surface area contributed by atoms with E-state index in [0.29, 0.717) is 11.3 Å². The van der Waals surface area contributed by atoms with E-state index in [2.05, 4.69) is 25.9 Å². The molecule has 14 heteroatoms. The molecule has 0 aliphatic rings. The Morgan fingerprint density at radius 2 is 1.56 bits per heavy atom. The van der Waals surface area contributed by atoms with Crippen LogP contribution >= 0.6 is 0 Å². The van der Waals surface area contributed by atoms with Gasteiger partial charge in [-0.25, -0.2) is 4.98 Å². The van der Waals surface area contributed by atoms with Crippen LogP contribution < -0.4 is 27.4 Å². The first kappa shape index (κ1) is 27.8. The van der Waals surface area contributed by atoms with Crippen molar-refractivity contribution < 1.29 is 34.2 Å². The molecular weight excluding hydrogens is 474 g/mol. The average molecular weight is 504 g/mol. The van der Waals surface area contributed by atoms with Crippen LogP contribution in [0.1, 0.15) is 24.6 Å². The van der Waals surface area contributed by atoms with Crippen LogP contribution in [0.2, 0.25) is 0 Å². The van der Waals surface area contributed by atoms with Gasteiger partial charge in [-0.2, -0.15) is 0 Å². The number of carboxylic acid groups (broad SMARTS) is 1. The minimum Gasteiger partial charge on any atom is -0.508 e. The van der Waals surface area contributed by atoms with Gasteiger partial charge in [-0.1, -0.05) is 12.1 Å². The van der Waals surface area contributed by atoms with E-state index < -0.39 is 60.2 Å². The molecule has 0 aliphatic heterocycles. The number of nitrogens with two attached hydrogens (primary N) is 2. The SMILES string of the molecule is CC(NC(=O)C(Cc1ccc(O)cc1)NC(=O)C(Cc1cnc[nH]1)NC(=O)C(N)CC(N)=O)C(=O)O. The van der Waals surface area contributed by atoms with Crippen molar-refractivity contribution in [2.24, 2.45) is 11.5 Å². The van der Waals surface area contributed by atoms with Crippen molar-refractivity contribution in [3.8, 4) is 5.75 Å². The van der Waals surface area contributed by atoms with Gasteiger partial charge >= 0.3 is 5.97 Å². The smallest absolute Gasteiger partial charge is 0.325 e. The third-order valence-corrected chi connectivity index (χ3v) is 5.11. The Labute approximate surface area is 205 Å². The van der Waals surface area contributed by atoms with Gasteiger partial charge in [0.25, 0.3) is 0 Å². The van der Waals surface area contributed by atoms with Crippen molar-refractivity contribution >= 4 is 29.6 Å². The van der Waals surface area contributed by atoms with Crippen molar-refractivity contribution in [2.75, 3.05) is 0 Å². The Kier molecular flexibility index (Phi) is 9.92. The molecule has 4 amide bonds. The number of hydrogen-bond donors (Lipinski definition) is 8. The predicted molar refractivity (Wildman–Crippen MR) is 125 cm³/mol. The molecule has 1 aromatic heterocycles. The number of aliphatic carboxylic acids is 1. The Bertz CT molecular complexity index is 1070. The second-order valence-corrected chi connectivity index (χ2v) is 8.12. The molecule has 4 unspecified atom stereocenters. The first-order valence-corrected chi connectivity index (χ1v) is 10.9. The molecule has 0 spiro atoms. The summed E-state index contributed by atoms with van der Waals surface area (Å²) in [6.07, 6.45) is 2.27. The van der Waals surface area contributed by atoms with Crippen molar-refractivity contribution in [1.29, 1.82) is 0 Å². The number of phenolic OH excluding ortho intramolecular Hbond substituents is 1. The zero-order valence-electron chi connectivity index (χ0n) is 19.4. The number of carbonyl (C=O) groups is 5. The van der Waals surface area contributed by atoms with Gasteiger partial charge in [0, 0.05) is 24.7 Å². The van der Waals surface area contributed by atoms with Gasteiger partial charge in [0.15, 0.2) is 0 Å². The molecular formula is C22H29N7O7. The van der Waals surface area contributed by atoms with E-state index in [1.54, 1.807) is 0 Å². The molecule has 36 heavy (non-hydrogen) atoms. The molecule has 14 nitrogen and oxygen atoms in total. The molecule has 0 aliphatic carbocycles. The summed E-state index contributed by atoms with van der Waals surface area (Å²) in [5.41, 5.74) is 11.8. The minimum absolute atomic E-state index is 0.00193. The fraction of sp³-hybridized carbons (Fsp3) is 0.364. The van der Waals surface area contributed by atoms with Crippen LogP contribution in [-0.2, 0) is 36.8 Å². The van der Waals surface area contributed by atoms with Crippen molar-refractivity contribution in [3.05, 3.63) is 48.0 Å². The van der Waals surface area contributed by atoms with Crippen LogP contribution in [0.15, 0.2) is 36.8 Å². The Hall–Kier alpha value is -4.46. The van der Waals surface area contributed by atoms with Crippen molar-refractivity contribution in [1.82, 2.24) is 25.9 Å². The van der Waals surface area contributed by atoms with E-state index in [0.717, 1.165) is 0 Å². The van der Waals surface area contributed by atoms with Crippen molar-refractivity contribution in [2.45, 2.75) is 50.4 Å². The Balaban J connectivity index is 2.25. The number of rotatable bonds is 13. The highest BCUT2D eigenvalue weighted by Gasteiger charge is 2.30. The Morgan fingerprint density at radius 3 is 2.11 bits per heavy atom. The average Bonchev–Trinajstić information content (AvgIpc) is 3.32. The van der Waals surface area contributed by atoms with E-state index >= 15 is 0 Å². The highest BCUT2D eigenvalue weighted by molar-refractivity contribution is 5.95. The van der Waals surface area contributed by atoms with Gasteiger partial charge in [-0.15, -0.1) is 0 Å². The zero-order chi connectivity index (χ0) is 26.8. The largest absolute Gasteiger partial charge is 0.508 e. The number of amides is 4. The topological polar surface area (TPSA) is 243 Å². The van der Waals surface area contributed by atoms with Crippen LogP contribution in [-0.4, -0.2) is 73.9 Å². The van der Waals surface area contributed by atoms with Crippen LogP contribution in [0.5, 0.6) is 5.75 Å². The highest BCUT2D eigenvalue weighted by atomic mass is 16.4. The maximum absolute atomic E-state index is 13.2. The van der Waals surface area contributed by atoms with E-state index in [-0.39, 0.29) is 18.6 Å². The summed E-state index contributed by atoms with van der Waals surface area (Å²) in [4.78, 5) is 67.5. The number of benzene rings is 1. The summed E-state index contributed by atoms with van der Waals surface area (Å²) in [7, 11) is 0. The molecule has 10 N–H and O–H groups in total. The maximum atomic E-state index is 13.2. The number of primary amides is 1. The Morgan fingerprint density at radius 1 is 0.972 bits per heavy atom. The van der Waals surface area contributed by atoms with Gasteiger partial charge in [-0.05, 0) is 24.6 Å². The fourth-order valence-corrected chi connectivity index (χ4v) is 3.14. The fourth-order valence-electron chi connectivity index (χ4n) is 3.14. The van der Waals surface area contributed by atoms with Gasteiger partial charge in [-0.3, -0.25) is 24.0 Å². The number of phenols is 1. The maximum Gasteiger partial charge on any atom is 0.325 e. The van der Waals surface area contributed by atoms with E-state index in [4.69, 9.17) is 16.6 Å². The first-order valence-electron chi connectivity index (χ1n) is 10.9. The number of carbonyl (C=O) groups excluding carboxylic acids is 4. The van der Waals surface area contributed by atoms with E-state index in [1.165, 1.54) is 43.7 Å². The second kappa shape index (κ2) is 12.9. The molecule has 4 atom stereocenters. The lowest BCUT2D eigenvalue weighted by molar-refractivity contribution is -0.141. The van der Waals surface area contributed by atoms with Gasteiger partial charge < -0.3 is 42.6 Å². The van der Waals surface area contributed by atoms with Crippen molar-refractivity contribution in [3.63, 3.8) is 0 Å². The molecule has 0 saturated heterocycles. The quantitative estimate of drug-likeness (QED) is 0.146. The molecule has 0 saturated carbocycles. The van der Waals surface area contributed by atoms with Gasteiger partial charge in [0.05, 0.1) is 18.8 Å². The number of imidazole rings is 1. The van der Waals surface area contributed by atoms with Crippen LogP contribution in [0.25, 0.3) is 0 Å². The normalized spacial score (nSPS) is 14.1. The third kappa shape index (κ3) is 8.72. The van der Waals surface area contributed by atoms with Crippen LogP contribution in [0.3, 0.4) is 0 Å². The molecule has 194 valence electrons. The van der Waals surface area contributed by atoms with Crippen LogP contribution in [0, 0.1) is 0 Å². The summed E-state index contributed by atoms with van der Waals surface area (Å²) < 4.78 is 0. The number of H-pyrrole nitrogens is 1. The summed E-state index contributed by atoms with van der Waals surface area (Å²) in [5.74, 6) is -4.43.